The summed E-state index contributed by atoms with van der Waals surface area (Å²) < 4.78 is 38.4. The van der Waals surface area contributed by atoms with E-state index < -0.39 is 10.0 Å². The second-order valence-corrected chi connectivity index (χ2v) is 9.21. The molecule has 1 saturated heterocycles. The van der Waals surface area contributed by atoms with E-state index in [-0.39, 0.29) is 10.8 Å². The highest BCUT2D eigenvalue weighted by Crippen LogP contribution is 2.23. The Bertz CT molecular complexity index is 1010. The summed E-state index contributed by atoms with van der Waals surface area (Å²) in [5, 5.41) is 2.79. The molecule has 162 valence electrons. The number of benzene rings is 2. The molecule has 1 amide bonds. The first-order valence-electron chi connectivity index (χ1n) is 9.96. The molecule has 1 N–H and O–H groups in total. The number of morpholine rings is 1. The topological polar surface area (TPSA) is 84.9 Å². The predicted molar refractivity (Wildman–Crippen MR) is 115 cm³/mol. The lowest BCUT2D eigenvalue weighted by Crippen LogP contribution is -2.41. The number of aryl methyl sites for hydroxylation is 2. The molecule has 0 atom stereocenters. The number of carbonyl (C=O) groups excluding carboxylic acids is 1. The van der Waals surface area contributed by atoms with Crippen LogP contribution in [0.3, 0.4) is 0 Å². The minimum atomic E-state index is -3.67. The van der Waals surface area contributed by atoms with Crippen LogP contribution in [-0.4, -0.2) is 58.1 Å². The zero-order valence-electron chi connectivity index (χ0n) is 17.6. The minimum absolute atomic E-state index is 0.156. The number of nitrogens with one attached hydrogen (secondary N) is 1. The molecule has 2 aromatic carbocycles. The molecule has 1 heterocycles. The molecule has 1 aliphatic heterocycles. The van der Waals surface area contributed by atoms with E-state index in [0.29, 0.717) is 50.6 Å². The number of hydrogen-bond acceptors (Lipinski definition) is 5. The van der Waals surface area contributed by atoms with Crippen LogP contribution in [0.2, 0.25) is 0 Å². The number of rotatable bonds is 7. The molecule has 3 rings (SSSR count). The Morgan fingerprint density at radius 2 is 1.83 bits per heavy atom. The number of amides is 1. The normalized spacial score (nSPS) is 15.0. The average molecular weight is 433 g/mol. The van der Waals surface area contributed by atoms with Crippen molar-refractivity contribution in [2.75, 3.05) is 39.5 Å². The van der Waals surface area contributed by atoms with Crippen LogP contribution in [0.5, 0.6) is 5.75 Å². The molecular weight excluding hydrogens is 404 g/mol. The van der Waals surface area contributed by atoms with Crippen molar-refractivity contribution in [3.05, 3.63) is 58.7 Å². The Morgan fingerprint density at radius 3 is 2.57 bits per heavy atom. The van der Waals surface area contributed by atoms with Crippen molar-refractivity contribution in [3.8, 4) is 5.75 Å². The summed E-state index contributed by atoms with van der Waals surface area (Å²) in [6, 6.07) is 10.6. The van der Waals surface area contributed by atoms with Crippen LogP contribution in [0.4, 0.5) is 0 Å². The summed E-state index contributed by atoms with van der Waals surface area (Å²) in [6.07, 6.45) is 0. The lowest BCUT2D eigenvalue weighted by Gasteiger charge is -2.26. The molecule has 0 aromatic heterocycles. The largest absolute Gasteiger partial charge is 0.491 e. The van der Waals surface area contributed by atoms with E-state index in [1.807, 2.05) is 32.0 Å². The van der Waals surface area contributed by atoms with Gasteiger partial charge in [0.1, 0.15) is 12.4 Å². The maximum Gasteiger partial charge on any atom is 0.251 e. The zero-order chi connectivity index (χ0) is 21.7. The van der Waals surface area contributed by atoms with Gasteiger partial charge in [-0.05, 0) is 55.7 Å². The van der Waals surface area contributed by atoms with Gasteiger partial charge in [0.2, 0.25) is 10.0 Å². The fourth-order valence-corrected chi connectivity index (χ4v) is 4.91. The highest BCUT2D eigenvalue weighted by atomic mass is 32.2. The van der Waals surface area contributed by atoms with Crippen LogP contribution in [0, 0.1) is 20.8 Å². The molecule has 0 saturated carbocycles. The van der Waals surface area contributed by atoms with Crippen molar-refractivity contribution < 1.29 is 22.7 Å². The molecule has 0 radical (unpaired) electrons. The maximum absolute atomic E-state index is 13.0. The van der Waals surface area contributed by atoms with Crippen molar-refractivity contribution in [3.63, 3.8) is 0 Å². The SMILES string of the molecule is Cc1ccc(C(=O)NCCOc2cccc(C)c2C)cc1S(=O)(=O)N1CCOCC1. The van der Waals surface area contributed by atoms with Crippen LogP contribution in [-0.2, 0) is 14.8 Å². The molecule has 1 fully saturated rings. The quantitative estimate of drug-likeness (QED) is 0.680. The van der Waals surface area contributed by atoms with Crippen LogP contribution < -0.4 is 10.1 Å². The number of hydrogen-bond donors (Lipinski definition) is 1. The number of carbonyl (C=O) groups is 1. The van der Waals surface area contributed by atoms with Gasteiger partial charge in [-0.15, -0.1) is 0 Å². The summed E-state index contributed by atoms with van der Waals surface area (Å²) in [4.78, 5) is 12.7. The van der Waals surface area contributed by atoms with E-state index in [9.17, 15) is 13.2 Å². The maximum atomic E-state index is 13.0. The van der Waals surface area contributed by atoms with Crippen molar-refractivity contribution in [2.45, 2.75) is 25.7 Å². The van der Waals surface area contributed by atoms with Gasteiger partial charge in [-0.1, -0.05) is 18.2 Å². The van der Waals surface area contributed by atoms with Gasteiger partial charge in [-0.3, -0.25) is 4.79 Å². The number of nitrogens with zero attached hydrogens (tertiary/aromatic N) is 1. The van der Waals surface area contributed by atoms with Gasteiger partial charge >= 0.3 is 0 Å². The third kappa shape index (κ3) is 5.00. The predicted octanol–water partition coefficient (Wildman–Crippen LogP) is 2.44. The van der Waals surface area contributed by atoms with Gasteiger partial charge in [0, 0.05) is 18.7 Å². The Hall–Kier alpha value is -2.42. The minimum Gasteiger partial charge on any atom is -0.491 e. The second kappa shape index (κ2) is 9.59. The van der Waals surface area contributed by atoms with E-state index in [0.717, 1.165) is 16.9 Å². The lowest BCUT2D eigenvalue weighted by molar-refractivity contribution is 0.0730. The second-order valence-electron chi connectivity index (χ2n) is 7.30. The molecule has 7 nitrogen and oxygen atoms in total. The Morgan fingerprint density at radius 1 is 1.10 bits per heavy atom. The van der Waals surface area contributed by atoms with Crippen molar-refractivity contribution in [2.24, 2.45) is 0 Å². The van der Waals surface area contributed by atoms with Crippen LogP contribution >= 0.6 is 0 Å². The molecule has 8 heteroatoms. The molecule has 1 aliphatic rings. The fraction of sp³-hybridized carbons (Fsp3) is 0.409. The zero-order valence-corrected chi connectivity index (χ0v) is 18.4. The van der Waals surface area contributed by atoms with Crippen molar-refractivity contribution in [1.82, 2.24) is 9.62 Å². The van der Waals surface area contributed by atoms with E-state index in [1.165, 1.54) is 10.4 Å². The third-order valence-electron chi connectivity index (χ3n) is 5.24. The molecular formula is C22H28N2O5S. The smallest absolute Gasteiger partial charge is 0.251 e. The van der Waals surface area contributed by atoms with Gasteiger partial charge in [0.05, 0.1) is 24.7 Å². The molecule has 0 aliphatic carbocycles. The standard InChI is InChI=1S/C22H28N2O5S/c1-16-5-4-6-20(18(16)3)29-12-9-23-22(25)19-8-7-17(2)21(15-19)30(26,27)24-10-13-28-14-11-24/h4-8,15H,9-14H2,1-3H3,(H,23,25). The van der Waals surface area contributed by atoms with Crippen molar-refractivity contribution in [1.29, 1.82) is 0 Å². The highest BCUT2D eigenvalue weighted by molar-refractivity contribution is 7.89. The van der Waals surface area contributed by atoms with Crippen LogP contribution in [0.15, 0.2) is 41.3 Å². The Labute approximate surface area is 178 Å². The molecule has 2 aromatic rings. The summed E-state index contributed by atoms with van der Waals surface area (Å²) in [5.74, 6) is 0.455. The van der Waals surface area contributed by atoms with E-state index in [4.69, 9.17) is 9.47 Å². The molecule has 0 spiro atoms. The summed E-state index contributed by atoms with van der Waals surface area (Å²) in [7, 11) is -3.67. The van der Waals surface area contributed by atoms with Gasteiger partial charge in [-0.25, -0.2) is 8.42 Å². The first kappa shape index (κ1) is 22.3. The molecule has 30 heavy (non-hydrogen) atoms. The highest BCUT2D eigenvalue weighted by Gasteiger charge is 2.28. The van der Waals surface area contributed by atoms with Crippen molar-refractivity contribution >= 4 is 15.9 Å². The molecule has 0 unspecified atom stereocenters. The van der Waals surface area contributed by atoms with Crippen LogP contribution in [0.1, 0.15) is 27.0 Å². The Kier molecular flexibility index (Phi) is 7.12. The van der Waals surface area contributed by atoms with E-state index >= 15 is 0 Å². The van der Waals surface area contributed by atoms with Gasteiger partial charge in [-0.2, -0.15) is 4.31 Å². The van der Waals surface area contributed by atoms with Gasteiger partial charge < -0.3 is 14.8 Å². The number of ether oxygens (including phenoxy) is 2. The third-order valence-corrected chi connectivity index (χ3v) is 7.28. The Balaban J connectivity index is 1.63. The summed E-state index contributed by atoms with van der Waals surface area (Å²) in [6.45, 7) is 7.74. The van der Waals surface area contributed by atoms with Gasteiger partial charge in [0.15, 0.2) is 0 Å². The van der Waals surface area contributed by atoms with Crippen LogP contribution in [0.25, 0.3) is 0 Å². The van der Waals surface area contributed by atoms with E-state index in [2.05, 4.69) is 5.32 Å². The lowest BCUT2D eigenvalue weighted by atomic mass is 10.1. The van der Waals surface area contributed by atoms with E-state index in [1.54, 1.807) is 19.1 Å². The monoisotopic (exact) mass is 432 g/mol. The average Bonchev–Trinajstić information content (AvgIpc) is 2.74. The van der Waals surface area contributed by atoms with Gasteiger partial charge in [0.25, 0.3) is 5.91 Å². The molecule has 0 bridgehead atoms. The number of sulfonamides is 1. The first-order chi connectivity index (χ1) is 14.3. The fourth-order valence-electron chi connectivity index (χ4n) is 3.25. The summed E-state index contributed by atoms with van der Waals surface area (Å²) in [5.41, 5.74) is 3.13. The summed E-state index contributed by atoms with van der Waals surface area (Å²) >= 11 is 0. The first-order valence-corrected chi connectivity index (χ1v) is 11.4.